The Morgan fingerprint density at radius 1 is 1.06 bits per heavy atom. The molecular formula is C26H32N4O3S. The van der Waals surface area contributed by atoms with Gasteiger partial charge in [0.1, 0.15) is 5.82 Å². The molecule has 2 aliphatic heterocycles. The highest BCUT2D eigenvalue weighted by molar-refractivity contribution is 7.89. The highest BCUT2D eigenvalue weighted by Gasteiger charge is 2.35. The van der Waals surface area contributed by atoms with E-state index in [1.807, 2.05) is 49.1 Å². The first kappa shape index (κ1) is 23.1. The largest absolute Gasteiger partial charge is 0.340 e. The molecule has 1 aromatic heterocycles. The summed E-state index contributed by atoms with van der Waals surface area (Å²) in [6, 6.07) is 11.1. The van der Waals surface area contributed by atoms with Crippen molar-refractivity contribution in [2.75, 3.05) is 19.6 Å². The normalized spacial score (nSPS) is 20.3. The zero-order valence-electron chi connectivity index (χ0n) is 20.0. The minimum absolute atomic E-state index is 0.144. The summed E-state index contributed by atoms with van der Waals surface area (Å²) in [4.78, 5) is 23.9. The second kappa shape index (κ2) is 8.82. The molecule has 1 N–H and O–H groups in total. The van der Waals surface area contributed by atoms with Crippen LogP contribution in [0.5, 0.6) is 0 Å². The lowest BCUT2D eigenvalue weighted by atomic mass is 10.0. The maximum Gasteiger partial charge on any atom is 0.254 e. The Bertz CT molecular complexity index is 1310. The van der Waals surface area contributed by atoms with E-state index >= 15 is 0 Å². The Balaban J connectivity index is 1.47. The Kier molecular flexibility index (Phi) is 5.98. The number of nitrogens with one attached hydrogen (secondary N) is 1. The van der Waals surface area contributed by atoms with Gasteiger partial charge in [-0.2, -0.15) is 4.31 Å². The molecule has 1 unspecified atom stereocenters. The minimum atomic E-state index is -3.66. The first-order valence-corrected chi connectivity index (χ1v) is 13.6. The Hall–Kier alpha value is -2.71. The molecule has 0 radical (unpaired) electrons. The number of para-hydroxylation sites is 2. The predicted octanol–water partition coefficient (Wildman–Crippen LogP) is 4.58. The molecule has 0 bridgehead atoms. The van der Waals surface area contributed by atoms with Gasteiger partial charge in [-0.1, -0.05) is 19.1 Å². The molecule has 1 amide bonds. The number of carbonyl (C=O) groups excluding carboxylic acids is 1. The molecule has 180 valence electrons. The van der Waals surface area contributed by atoms with Gasteiger partial charge in [-0.15, -0.1) is 0 Å². The van der Waals surface area contributed by atoms with Crippen molar-refractivity contribution in [1.82, 2.24) is 19.2 Å². The Labute approximate surface area is 201 Å². The Morgan fingerprint density at radius 2 is 1.79 bits per heavy atom. The predicted molar refractivity (Wildman–Crippen MR) is 132 cm³/mol. The second-order valence-corrected chi connectivity index (χ2v) is 11.7. The third kappa shape index (κ3) is 4.03. The van der Waals surface area contributed by atoms with Gasteiger partial charge in [0.2, 0.25) is 10.0 Å². The molecule has 3 heterocycles. The van der Waals surface area contributed by atoms with Crippen molar-refractivity contribution >= 4 is 27.0 Å². The van der Waals surface area contributed by atoms with Crippen molar-refractivity contribution in [1.29, 1.82) is 0 Å². The minimum Gasteiger partial charge on any atom is -0.340 e. The molecule has 0 saturated carbocycles. The monoisotopic (exact) mass is 480 g/mol. The van der Waals surface area contributed by atoms with E-state index in [-0.39, 0.29) is 16.8 Å². The van der Waals surface area contributed by atoms with Crippen LogP contribution < -0.4 is 0 Å². The van der Waals surface area contributed by atoms with Crippen LogP contribution in [0.4, 0.5) is 0 Å². The lowest BCUT2D eigenvalue weighted by molar-refractivity contribution is 0.0730. The number of imidazole rings is 1. The van der Waals surface area contributed by atoms with Gasteiger partial charge in [0.15, 0.2) is 0 Å². The van der Waals surface area contributed by atoms with Crippen molar-refractivity contribution in [2.45, 2.75) is 57.4 Å². The van der Waals surface area contributed by atoms with Gasteiger partial charge in [0.05, 0.1) is 22.0 Å². The first-order valence-electron chi connectivity index (χ1n) is 12.1. The molecule has 2 saturated heterocycles. The highest BCUT2D eigenvalue weighted by Crippen LogP contribution is 2.34. The van der Waals surface area contributed by atoms with E-state index in [4.69, 9.17) is 4.98 Å². The quantitative estimate of drug-likeness (QED) is 0.592. The van der Waals surface area contributed by atoms with Crippen molar-refractivity contribution in [2.24, 2.45) is 5.92 Å². The zero-order chi connectivity index (χ0) is 24.0. The molecule has 2 aromatic carbocycles. The number of aryl methyl sites for hydroxylation is 1. The third-order valence-corrected chi connectivity index (χ3v) is 9.49. The molecule has 8 heteroatoms. The summed E-state index contributed by atoms with van der Waals surface area (Å²) in [5.41, 5.74) is 3.79. The van der Waals surface area contributed by atoms with E-state index in [9.17, 15) is 13.2 Å². The smallest absolute Gasteiger partial charge is 0.254 e. The second-order valence-electron chi connectivity index (χ2n) is 9.80. The molecule has 2 fully saturated rings. The van der Waals surface area contributed by atoms with Gasteiger partial charge < -0.3 is 9.88 Å². The standard InChI is InChI=1S/C26H32N4O3S/c1-17-10-13-29(14-11-17)34(32,33)24-16-20(15-18(2)19(24)3)26(31)30-12-6-9-23(30)25-27-21-7-4-5-8-22(21)28-25/h4-5,7-8,15-17,23H,6,9-14H2,1-3H3,(H,27,28). The van der Waals surface area contributed by atoms with Gasteiger partial charge in [-0.05, 0) is 80.8 Å². The van der Waals surface area contributed by atoms with Crippen LogP contribution in [0.25, 0.3) is 11.0 Å². The molecule has 34 heavy (non-hydrogen) atoms. The number of hydrogen-bond donors (Lipinski definition) is 1. The van der Waals surface area contributed by atoms with E-state index in [0.29, 0.717) is 36.7 Å². The van der Waals surface area contributed by atoms with Gasteiger partial charge in [-0.3, -0.25) is 4.79 Å². The average molecular weight is 481 g/mol. The fraction of sp³-hybridized carbons (Fsp3) is 0.462. The number of aromatic amines is 1. The van der Waals surface area contributed by atoms with Crippen LogP contribution in [0, 0.1) is 19.8 Å². The summed E-state index contributed by atoms with van der Waals surface area (Å²) < 4.78 is 28.6. The summed E-state index contributed by atoms with van der Waals surface area (Å²) in [6.45, 7) is 7.55. The van der Waals surface area contributed by atoms with Gasteiger partial charge in [0.25, 0.3) is 5.91 Å². The van der Waals surface area contributed by atoms with Crippen molar-refractivity contribution < 1.29 is 13.2 Å². The number of amides is 1. The fourth-order valence-corrected chi connectivity index (χ4v) is 6.97. The number of hydrogen-bond acceptors (Lipinski definition) is 4. The first-order chi connectivity index (χ1) is 16.3. The van der Waals surface area contributed by atoms with E-state index in [1.165, 1.54) is 0 Å². The number of fused-ring (bicyclic) bond motifs is 1. The van der Waals surface area contributed by atoms with Gasteiger partial charge >= 0.3 is 0 Å². The molecule has 0 spiro atoms. The van der Waals surface area contributed by atoms with Crippen molar-refractivity contribution in [3.63, 3.8) is 0 Å². The summed E-state index contributed by atoms with van der Waals surface area (Å²) in [7, 11) is -3.66. The zero-order valence-corrected chi connectivity index (χ0v) is 20.9. The molecule has 0 aliphatic carbocycles. The van der Waals surface area contributed by atoms with Crippen LogP contribution in [-0.4, -0.2) is 53.1 Å². The van der Waals surface area contributed by atoms with E-state index in [2.05, 4.69) is 11.9 Å². The summed E-state index contributed by atoms with van der Waals surface area (Å²) in [5.74, 6) is 1.17. The average Bonchev–Trinajstić information content (AvgIpc) is 3.47. The number of likely N-dealkylation sites (tertiary alicyclic amines) is 1. The summed E-state index contributed by atoms with van der Waals surface area (Å²) in [6.07, 6.45) is 3.44. The number of carbonyl (C=O) groups is 1. The van der Waals surface area contributed by atoms with Gasteiger partial charge in [0, 0.05) is 25.2 Å². The molecule has 5 rings (SSSR count). The molecular weight excluding hydrogens is 448 g/mol. The number of nitrogens with zero attached hydrogens (tertiary/aromatic N) is 3. The lowest BCUT2D eigenvalue weighted by Gasteiger charge is -2.30. The summed E-state index contributed by atoms with van der Waals surface area (Å²) in [5, 5.41) is 0. The maximum absolute atomic E-state index is 13.7. The van der Waals surface area contributed by atoms with E-state index in [1.54, 1.807) is 10.4 Å². The van der Waals surface area contributed by atoms with Crippen LogP contribution in [0.15, 0.2) is 41.3 Å². The molecule has 1 atom stereocenters. The molecule has 3 aromatic rings. The topological polar surface area (TPSA) is 86.4 Å². The van der Waals surface area contributed by atoms with Crippen molar-refractivity contribution in [3.05, 3.63) is 58.9 Å². The molecule has 7 nitrogen and oxygen atoms in total. The van der Waals surface area contributed by atoms with Crippen LogP contribution in [0.3, 0.4) is 0 Å². The lowest BCUT2D eigenvalue weighted by Crippen LogP contribution is -2.38. The molecule has 2 aliphatic rings. The fourth-order valence-electron chi connectivity index (χ4n) is 5.17. The van der Waals surface area contributed by atoms with Gasteiger partial charge in [-0.25, -0.2) is 13.4 Å². The number of benzene rings is 2. The number of aromatic nitrogens is 2. The van der Waals surface area contributed by atoms with Crippen LogP contribution >= 0.6 is 0 Å². The van der Waals surface area contributed by atoms with Crippen molar-refractivity contribution in [3.8, 4) is 0 Å². The highest BCUT2D eigenvalue weighted by atomic mass is 32.2. The number of piperidine rings is 1. The Morgan fingerprint density at radius 3 is 2.53 bits per heavy atom. The maximum atomic E-state index is 13.7. The number of H-pyrrole nitrogens is 1. The number of rotatable bonds is 4. The number of sulfonamides is 1. The van der Waals surface area contributed by atoms with Crippen LogP contribution in [0.2, 0.25) is 0 Å². The SMILES string of the molecule is Cc1cc(C(=O)N2CCCC2c2nc3ccccc3[nH]2)cc(S(=O)(=O)N2CCC(C)CC2)c1C. The van der Waals surface area contributed by atoms with E-state index < -0.39 is 10.0 Å². The van der Waals surface area contributed by atoms with Crippen LogP contribution in [-0.2, 0) is 10.0 Å². The van der Waals surface area contributed by atoms with Crippen LogP contribution in [0.1, 0.15) is 66.0 Å². The third-order valence-electron chi connectivity index (χ3n) is 7.46. The van der Waals surface area contributed by atoms with E-state index in [0.717, 1.165) is 48.1 Å². The summed E-state index contributed by atoms with van der Waals surface area (Å²) >= 11 is 0.